The lowest BCUT2D eigenvalue weighted by Gasteiger charge is -2.18. The van der Waals surface area contributed by atoms with Gasteiger partial charge < -0.3 is 4.74 Å². The van der Waals surface area contributed by atoms with E-state index in [0.29, 0.717) is 0 Å². The number of methoxy groups -OCH3 is 1. The Labute approximate surface area is 96.2 Å². The van der Waals surface area contributed by atoms with Crippen molar-refractivity contribution >= 4 is 10.0 Å². The van der Waals surface area contributed by atoms with Gasteiger partial charge in [-0.1, -0.05) is 12.1 Å². The molecule has 0 bridgehead atoms. The van der Waals surface area contributed by atoms with E-state index >= 15 is 0 Å². The van der Waals surface area contributed by atoms with Crippen LogP contribution in [0.5, 0.6) is 5.75 Å². The van der Waals surface area contributed by atoms with E-state index in [1.165, 1.54) is 19.2 Å². The molecule has 1 unspecified atom stereocenters. The van der Waals surface area contributed by atoms with Crippen LogP contribution in [0.1, 0.15) is 10.8 Å². The minimum atomic E-state index is -4.97. The molecule has 0 aromatic heterocycles. The van der Waals surface area contributed by atoms with Crippen molar-refractivity contribution in [3.05, 3.63) is 29.8 Å². The SMILES string of the molecule is COc1cccc(C(C(F)(F)F)S(N)(=O)=O)c1. The van der Waals surface area contributed by atoms with Crippen molar-refractivity contribution in [1.29, 1.82) is 0 Å². The third-order valence-electron chi connectivity index (χ3n) is 2.02. The Morgan fingerprint density at radius 2 is 1.94 bits per heavy atom. The highest BCUT2D eigenvalue weighted by Gasteiger charge is 2.48. The molecule has 96 valence electrons. The van der Waals surface area contributed by atoms with Gasteiger partial charge in [0.1, 0.15) is 5.75 Å². The van der Waals surface area contributed by atoms with Crippen LogP contribution < -0.4 is 9.88 Å². The maximum absolute atomic E-state index is 12.6. The molecule has 1 atom stereocenters. The van der Waals surface area contributed by atoms with Crippen molar-refractivity contribution in [1.82, 2.24) is 0 Å². The molecular weight excluding hydrogens is 259 g/mol. The number of alkyl halides is 3. The standard InChI is InChI=1S/C9H10F3NO3S/c1-16-7-4-2-3-6(5-7)8(9(10,11)12)17(13,14)15/h2-5,8H,1H3,(H2,13,14,15). The summed E-state index contributed by atoms with van der Waals surface area (Å²) in [6.45, 7) is 0. The van der Waals surface area contributed by atoms with Crippen molar-refractivity contribution in [3.8, 4) is 5.75 Å². The normalized spacial score (nSPS) is 14.4. The summed E-state index contributed by atoms with van der Waals surface area (Å²) in [7, 11) is -3.52. The molecule has 0 saturated heterocycles. The summed E-state index contributed by atoms with van der Waals surface area (Å²) < 4.78 is 64.6. The molecule has 4 nitrogen and oxygen atoms in total. The van der Waals surface area contributed by atoms with E-state index in [1.807, 2.05) is 0 Å². The lowest BCUT2D eigenvalue weighted by molar-refractivity contribution is -0.131. The van der Waals surface area contributed by atoms with Crippen LogP contribution in [0, 0.1) is 0 Å². The van der Waals surface area contributed by atoms with Gasteiger partial charge >= 0.3 is 6.18 Å². The van der Waals surface area contributed by atoms with Crippen molar-refractivity contribution in [2.45, 2.75) is 11.4 Å². The second-order valence-electron chi connectivity index (χ2n) is 3.29. The molecule has 0 spiro atoms. The molecule has 0 aliphatic carbocycles. The monoisotopic (exact) mass is 269 g/mol. The maximum Gasteiger partial charge on any atom is 0.410 e. The number of ether oxygens (including phenoxy) is 1. The Bertz CT molecular complexity index is 498. The molecule has 0 aliphatic heterocycles. The van der Waals surface area contributed by atoms with Crippen molar-refractivity contribution in [2.75, 3.05) is 7.11 Å². The van der Waals surface area contributed by atoms with E-state index in [9.17, 15) is 21.6 Å². The fourth-order valence-electron chi connectivity index (χ4n) is 1.37. The van der Waals surface area contributed by atoms with Crippen LogP contribution in [0.25, 0.3) is 0 Å². The van der Waals surface area contributed by atoms with Gasteiger partial charge in [0.25, 0.3) is 0 Å². The number of benzene rings is 1. The van der Waals surface area contributed by atoms with E-state index in [1.54, 1.807) is 0 Å². The van der Waals surface area contributed by atoms with Crippen LogP contribution >= 0.6 is 0 Å². The molecule has 1 aromatic carbocycles. The number of primary sulfonamides is 1. The largest absolute Gasteiger partial charge is 0.497 e. The minimum absolute atomic E-state index is 0.125. The zero-order valence-corrected chi connectivity index (χ0v) is 9.55. The second kappa shape index (κ2) is 4.53. The molecule has 0 amide bonds. The Morgan fingerprint density at radius 1 is 1.35 bits per heavy atom. The fraction of sp³-hybridized carbons (Fsp3) is 0.333. The van der Waals surface area contributed by atoms with E-state index in [4.69, 9.17) is 4.74 Å². The quantitative estimate of drug-likeness (QED) is 0.905. The summed E-state index contributed by atoms with van der Waals surface area (Å²) in [5, 5.41) is 1.86. The number of hydrogen-bond acceptors (Lipinski definition) is 3. The number of nitrogens with two attached hydrogens (primary N) is 1. The Kier molecular flexibility index (Phi) is 3.68. The highest BCUT2D eigenvalue weighted by molar-refractivity contribution is 7.89. The summed E-state index contributed by atoms with van der Waals surface area (Å²) in [5.41, 5.74) is -0.473. The third kappa shape index (κ3) is 3.34. The Balaban J connectivity index is 3.33. The summed E-state index contributed by atoms with van der Waals surface area (Å²) in [6, 6.07) is 4.69. The molecule has 17 heavy (non-hydrogen) atoms. The number of sulfonamides is 1. The lowest BCUT2D eigenvalue weighted by Crippen LogP contribution is -2.33. The third-order valence-corrected chi connectivity index (χ3v) is 3.22. The average molecular weight is 269 g/mol. The molecule has 2 N–H and O–H groups in total. The summed E-state index contributed by atoms with van der Waals surface area (Å²) in [4.78, 5) is 0. The summed E-state index contributed by atoms with van der Waals surface area (Å²) >= 11 is 0. The van der Waals surface area contributed by atoms with Crippen LogP contribution in [-0.2, 0) is 10.0 Å². The summed E-state index contributed by atoms with van der Waals surface area (Å²) in [6.07, 6.45) is -4.97. The molecule has 0 heterocycles. The molecule has 0 saturated carbocycles. The number of rotatable bonds is 3. The molecule has 1 rings (SSSR count). The first-order valence-corrected chi connectivity index (χ1v) is 5.99. The van der Waals surface area contributed by atoms with Crippen molar-refractivity contribution in [2.24, 2.45) is 5.14 Å². The Morgan fingerprint density at radius 3 is 2.35 bits per heavy atom. The molecule has 8 heteroatoms. The molecule has 0 fully saturated rings. The fourth-order valence-corrected chi connectivity index (χ4v) is 2.27. The Hall–Kier alpha value is -1.28. The van der Waals surface area contributed by atoms with Crippen LogP contribution in [-0.4, -0.2) is 21.7 Å². The summed E-state index contributed by atoms with van der Waals surface area (Å²) in [5.74, 6) is 0.125. The van der Waals surface area contributed by atoms with Gasteiger partial charge in [-0.05, 0) is 17.7 Å². The zero-order valence-electron chi connectivity index (χ0n) is 8.73. The van der Waals surface area contributed by atoms with E-state index in [0.717, 1.165) is 12.1 Å². The molecule has 0 aliphatic rings. The van der Waals surface area contributed by atoms with Crippen LogP contribution in [0.4, 0.5) is 13.2 Å². The van der Waals surface area contributed by atoms with Gasteiger partial charge in [0.15, 0.2) is 5.25 Å². The zero-order chi connectivity index (χ0) is 13.3. The van der Waals surface area contributed by atoms with Gasteiger partial charge in [0.2, 0.25) is 10.0 Å². The van der Waals surface area contributed by atoms with E-state index in [-0.39, 0.29) is 5.75 Å². The average Bonchev–Trinajstić information content (AvgIpc) is 2.13. The highest BCUT2D eigenvalue weighted by Crippen LogP contribution is 2.38. The van der Waals surface area contributed by atoms with Crippen LogP contribution in [0.15, 0.2) is 24.3 Å². The first-order valence-electron chi connectivity index (χ1n) is 4.38. The smallest absolute Gasteiger partial charge is 0.410 e. The van der Waals surface area contributed by atoms with Gasteiger partial charge in [0.05, 0.1) is 7.11 Å². The molecular formula is C9H10F3NO3S. The maximum atomic E-state index is 12.6. The minimum Gasteiger partial charge on any atom is -0.497 e. The number of halogens is 3. The topological polar surface area (TPSA) is 69.4 Å². The highest BCUT2D eigenvalue weighted by atomic mass is 32.2. The molecule has 0 radical (unpaired) electrons. The predicted molar refractivity (Wildman–Crippen MR) is 54.9 cm³/mol. The van der Waals surface area contributed by atoms with Gasteiger partial charge in [-0.15, -0.1) is 0 Å². The van der Waals surface area contributed by atoms with Gasteiger partial charge in [-0.3, -0.25) is 0 Å². The van der Waals surface area contributed by atoms with Crippen molar-refractivity contribution < 1.29 is 26.3 Å². The molecule has 1 aromatic rings. The first-order chi connectivity index (χ1) is 7.66. The van der Waals surface area contributed by atoms with E-state index < -0.39 is 27.0 Å². The first kappa shape index (κ1) is 13.8. The van der Waals surface area contributed by atoms with Gasteiger partial charge in [0, 0.05) is 0 Å². The second-order valence-corrected chi connectivity index (χ2v) is 4.94. The van der Waals surface area contributed by atoms with E-state index in [2.05, 4.69) is 5.14 Å². The number of hydrogen-bond donors (Lipinski definition) is 1. The van der Waals surface area contributed by atoms with Crippen LogP contribution in [0.2, 0.25) is 0 Å². The van der Waals surface area contributed by atoms with Crippen LogP contribution in [0.3, 0.4) is 0 Å². The van der Waals surface area contributed by atoms with Gasteiger partial charge in [-0.2, -0.15) is 13.2 Å². The van der Waals surface area contributed by atoms with Gasteiger partial charge in [-0.25, -0.2) is 13.6 Å². The predicted octanol–water partition coefficient (Wildman–Crippen LogP) is 1.59. The van der Waals surface area contributed by atoms with Crippen molar-refractivity contribution in [3.63, 3.8) is 0 Å². The lowest BCUT2D eigenvalue weighted by atomic mass is 10.1.